The minimum Gasteiger partial charge on any atom is -0.441 e. The van der Waals surface area contributed by atoms with Gasteiger partial charge in [0.25, 0.3) is 0 Å². The topological polar surface area (TPSA) is 72.2 Å². The number of fused-ring (bicyclic) bond motifs is 1. The van der Waals surface area contributed by atoms with Crippen molar-refractivity contribution < 1.29 is 12.8 Å². The molecule has 5 nitrogen and oxygen atoms in total. The quantitative estimate of drug-likeness (QED) is 0.839. The van der Waals surface area contributed by atoms with Crippen molar-refractivity contribution in [2.75, 3.05) is 6.54 Å². The van der Waals surface area contributed by atoms with Gasteiger partial charge in [-0.05, 0) is 18.2 Å². The van der Waals surface area contributed by atoms with Crippen molar-refractivity contribution in [1.82, 2.24) is 9.71 Å². The van der Waals surface area contributed by atoms with Crippen LogP contribution >= 0.6 is 0 Å². The summed E-state index contributed by atoms with van der Waals surface area (Å²) in [5.41, 5.74) is 1.11. The number of sulfonamides is 1. The molecular formula is C11H12N2O3S. The van der Waals surface area contributed by atoms with E-state index in [0.717, 1.165) is 0 Å². The van der Waals surface area contributed by atoms with Gasteiger partial charge in [0.05, 0.1) is 4.90 Å². The number of hydrogen-bond acceptors (Lipinski definition) is 4. The molecule has 0 aliphatic carbocycles. The maximum Gasteiger partial charge on any atom is 0.240 e. The lowest BCUT2D eigenvalue weighted by Crippen LogP contribution is -2.23. The monoisotopic (exact) mass is 252 g/mol. The standard InChI is InChI=1S/C11H12N2O3S/c1-3-6-12-17(14,15)9-4-5-11-10(7-9)13-8(2)16-11/h3-5,7,12H,1,6H2,2H3. The smallest absolute Gasteiger partial charge is 0.240 e. The third kappa shape index (κ3) is 2.37. The van der Waals surface area contributed by atoms with Crippen molar-refractivity contribution >= 4 is 21.1 Å². The van der Waals surface area contributed by atoms with Gasteiger partial charge in [0, 0.05) is 13.5 Å². The molecule has 1 heterocycles. The van der Waals surface area contributed by atoms with Crippen LogP contribution in [-0.4, -0.2) is 19.9 Å². The molecule has 0 amide bonds. The van der Waals surface area contributed by atoms with E-state index in [-0.39, 0.29) is 11.4 Å². The number of rotatable bonds is 4. The second-order valence-corrected chi connectivity index (χ2v) is 5.27. The zero-order chi connectivity index (χ0) is 12.5. The lowest BCUT2D eigenvalue weighted by molar-refractivity contribution is 0.561. The van der Waals surface area contributed by atoms with Crippen LogP contribution in [0.5, 0.6) is 0 Å². The lowest BCUT2D eigenvalue weighted by Gasteiger charge is -2.03. The molecule has 0 radical (unpaired) electrons. The molecule has 90 valence electrons. The van der Waals surface area contributed by atoms with Crippen molar-refractivity contribution in [1.29, 1.82) is 0 Å². The molecule has 2 rings (SSSR count). The molecule has 0 atom stereocenters. The van der Waals surface area contributed by atoms with E-state index < -0.39 is 10.0 Å². The molecular weight excluding hydrogens is 240 g/mol. The van der Waals surface area contributed by atoms with E-state index in [2.05, 4.69) is 16.3 Å². The van der Waals surface area contributed by atoms with Gasteiger partial charge in [-0.25, -0.2) is 18.1 Å². The first-order valence-corrected chi connectivity index (χ1v) is 6.49. The largest absolute Gasteiger partial charge is 0.441 e. The maximum atomic E-state index is 11.8. The lowest BCUT2D eigenvalue weighted by atomic mass is 10.3. The van der Waals surface area contributed by atoms with E-state index in [0.29, 0.717) is 17.0 Å². The highest BCUT2D eigenvalue weighted by Crippen LogP contribution is 2.19. The van der Waals surface area contributed by atoms with E-state index in [1.807, 2.05) is 0 Å². The summed E-state index contributed by atoms with van der Waals surface area (Å²) in [6.07, 6.45) is 1.48. The summed E-state index contributed by atoms with van der Waals surface area (Å²) in [6, 6.07) is 4.56. The highest BCUT2D eigenvalue weighted by Gasteiger charge is 2.14. The highest BCUT2D eigenvalue weighted by molar-refractivity contribution is 7.89. The van der Waals surface area contributed by atoms with Crippen LogP contribution in [0.25, 0.3) is 11.1 Å². The van der Waals surface area contributed by atoms with Crippen LogP contribution in [0.3, 0.4) is 0 Å². The summed E-state index contributed by atoms with van der Waals surface area (Å²) >= 11 is 0. The first-order chi connectivity index (χ1) is 8.03. The molecule has 6 heteroatoms. The molecule has 0 saturated carbocycles. The first-order valence-electron chi connectivity index (χ1n) is 5.01. The van der Waals surface area contributed by atoms with Gasteiger partial charge in [0.2, 0.25) is 10.0 Å². The Kier molecular flexibility index (Phi) is 2.99. The number of benzene rings is 1. The highest BCUT2D eigenvalue weighted by atomic mass is 32.2. The predicted octanol–water partition coefficient (Wildman–Crippen LogP) is 1.60. The molecule has 2 aromatic rings. The van der Waals surface area contributed by atoms with Crippen LogP contribution in [0.1, 0.15) is 5.89 Å². The summed E-state index contributed by atoms with van der Waals surface area (Å²) < 4.78 is 31.3. The van der Waals surface area contributed by atoms with Gasteiger partial charge >= 0.3 is 0 Å². The van der Waals surface area contributed by atoms with Crippen molar-refractivity contribution in [3.63, 3.8) is 0 Å². The number of aryl methyl sites for hydroxylation is 1. The minimum absolute atomic E-state index is 0.167. The van der Waals surface area contributed by atoms with Crippen molar-refractivity contribution in [2.24, 2.45) is 0 Å². The summed E-state index contributed by atoms with van der Waals surface area (Å²) in [7, 11) is -3.51. The average Bonchev–Trinajstić information content (AvgIpc) is 2.65. The van der Waals surface area contributed by atoms with Crippen LogP contribution in [0.4, 0.5) is 0 Å². The molecule has 0 fully saturated rings. The Morgan fingerprint density at radius 1 is 1.53 bits per heavy atom. The second kappa shape index (κ2) is 4.31. The number of nitrogens with one attached hydrogen (secondary N) is 1. The Bertz CT molecular complexity index is 658. The van der Waals surface area contributed by atoms with Crippen molar-refractivity contribution in [2.45, 2.75) is 11.8 Å². The van der Waals surface area contributed by atoms with Gasteiger partial charge in [-0.3, -0.25) is 0 Å². The van der Waals surface area contributed by atoms with Gasteiger partial charge in [-0.2, -0.15) is 0 Å². The molecule has 0 spiro atoms. The molecule has 0 aliphatic rings. The van der Waals surface area contributed by atoms with Crippen LogP contribution < -0.4 is 4.72 Å². The average molecular weight is 252 g/mol. The molecule has 0 bridgehead atoms. The number of nitrogens with zero attached hydrogens (tertiary/aromatic N) is 1. The number of aromatic nitrogens is 1. The summed E-state index contributed by atoms with van der Waals surface area (Å²) in [5.74, 6) is 0.508. The van der Waals surface area contributed by atoms with Gasteiger partial charge in [-0.1, -0.05) is 6.08 Å². The fraction of sp³-hybridized carbons (Fsp3) is 0.182. The van der Waals surface area contributed by atoms with Gasteiger partial charge < -0.3 is 4.42 Å². The number of oxazole rings is 1. The molecule has 0 saturated heterocycles. The number of hydrogen-bond donors (Lipinski definition) is 1. The van der Waals surface area contributed by atoms with E-state index in [1.54, 1.807) is 13.0 Å². The van der Waals surface area contributed by atoms with Gasteiger partial charge in [0.15, 0.2) is 11.5 Å². The van der Waals surface area contributed by atoms with Crippen LogP contribution in [0, 0.1) is 6.92 Å². The fourth-order valence-corrected chi connectivity index (χ4v) is 2.46. The zero-order valence-corrected chi connectivity index (χ0v) is 10.1. The molecule has 1 aromatic carbocycles. The van der Waals surface area contributed by atoms with E-state index in [1.165, 1.54) is 18.2 Å². The van der Waals surface area contributed by atoms with Crippen LogP contribution in [-0.2, 0) is 10.0 Å². The van der Waals surface area contributed by atoms with Crippen LogP contribution in [0.2, 0.25) is 0 Å². The Morgan fingerprint density at radius 2 is 2.29 bits per heavy atom. The summed E-state index contributed by atoms with van der Waals surface area (Å²) in [6.45, 7) is 5.36. The summed E-state index contributed by atoms with van der Waals surface area (Å²) in [4.78, 5) is 4.26. The SMILES string of the molecule is C=CCNS(=O)(=O)c1ccc2oc(C)nc2c1. The first kappa shape index (κ1) is 11.8. The van der Waals surface area contributed by atoms with E-state index >= 15 is 0 Å². The Labute approximate surface area is 99.2 Å². The molecule has 0 unspecified atom stereocenters. The van der Waals surface area contributed by atoms with Gasteiger partial charge in [-0.15, -0.1) is 6.58 Å². The van der Waals surface area contributed by atoms with Crippen molar-refractivity contribution in [3.05, 3.63) is 36.7 Å². The minimum atomic E-state index is -3.51. The van der Waals surface area contributed by atoms with Crippen molar-refractivity contribution in [3.8, 4) is 0 Å². The third-order valence-electron chi connectivity index (χ3n) is 2.19. The molecule has 1 N–H and O–H groups in total. The Hall–Kier alpha value is -1.66. The molecule has 1 aromatic heterocycles. The summed E-state index contributed by atoms with van der Waals surface area (Å²) in [5, 5.41) is 0. The third-order valence-corrected chi connectivity index (χ3v) is 3.62. The fourth-order valence-electron chi connectivity index (χ4n) is 1.44. The predicted molar refractivity (Wildman–Crippen MR) is 64.1 cm³/mol. The second-order valence-electron chi connectivity index (χ2n) is 3.50. The zero-order valence-electron chi connectivity index (χ0n) is 9.30. The Balaban J connectivity index is 2.45. The maximum absolute atomic E-state index is 11.8. The molecule has 0 aliphatic heterocycles. The molecule has 17 heavy (non-hydrogen) atoms. The van der Waals surface area contributed by atoms with E-state index in [4.69, 9.17) is 4.42 Å². The Morgan fingerprint density at radius 3 is 3.00 bits per heavy atom. The van der Waals surface area contributed by atoms with Gasteiger partial charge in [0.1, 0.15) is 5.52 Å². The normalized spacial score (nSPS) is 11.8. The van der Waals surface area contributed by atoms with E-state index in [9.17, 15) is 8.42 Å². The van der Waals surface area contributed by atoms with Crippen LogP contribution in [0.15, 0.2) is 40.2 Å².